The number of aryl methyl sites for hydroxylation is 1. The number of benzene rings is 1. The fourth-order valence-electron chi connectivity index (χ4n) is 1.83. The highest BCUT2D eigenvalue weighted by molar-refractivity contribution is 5.37. The van der Waals surface area contributed by atoms with Gasteiger partial charge in [-0.05, 0) is 29.5 Å². The standard InChI is InChI=1S/C14H23NO2/c1-9-8-10(6-7-11(9)17-5)12(15)13(16)14(2,3)4/h6-8,12-13,16H,15H2,1-5H3/t12-,13-/m0/s1. The van der Waals surface area contributed by atoms with Crippen molar-refractivity contribution in [2.75, 3.05) is 7.11 Å². The maximum Gasteiger partial charge on any atom is 0.121 e. The van der Waals surface area contributed by atoms with Gasteiger partial charge in [0.15, 0.2) is 0 Å². The third kappa shape index (κ3) is 3.20. The monoisotopic (exact) mass is 237 g/mol. The zero-order valence-corrected chi connectivity index (χ0v) is 11.3. The number of nitrogens with two attached hydrogens (primary N) is 1. The fourth-order valence-corrected chi connectivity index (χ4v) is 1.83. The lowest BCUT2D eigenvalue weighted by Crippen LogP contribution is -2.36. The molecular weight excluding hydrogens is 214 g/mol. The Kier molecular flexibility index (Phi) is 4.17. The number of aliphatic hydroxyl groups excluding tert-OH is 1. The normalized spacial score (nSPS) is 15.5. The van der Waals surface area contributed by atoms with Crippen LogP contribution >= 0.6 is 0 Å². The Morgan fingerprint density at radius 3 is 2.29 bits per heavy atom. The van der Waals surface area contributed by atoms with E-state index < -0.39 is 6.10 Å². The molecule has 2 atom stereocenters. The summed E-state index contributed by atoms with van der Waals surface area (Å²) in [6.07, 6.45) is -0.574. The van der Waals surface area contributed by atoms with Crippen molar-refractivity contribution in [1.29, 1.82) is 0 Å². The molecule has 3 N–H and O–H groups in total. The molecule has 0 aromatic heterocycles. The molecule has 0 amide bonds. The molecule has 17 heavy (non-hydrogen) atoms. The minimum atomic E-state index is -0.574. The van der Waals surface area contributed by atoms with Crippen LogP contribution < -0.4 is 10.5 Å². The van der Waals surface area contributed by atoms with Gasteiger partial charge < -0.3 is 15.6 Å². The first-order valence-electron chi connectivity index (χ1n) is 5.85. The van der Waals surface area contributed by atoms with Crippen LogP contribution in [-0.2, 0) is 0 Å². The highest BCUT2D eigenvalue weighted by Gasteiger charge is 2.29. The van der Waals surface area contributed by atoms with E-state index >= 15 is 0 Å². The molecule has 3 heteroatoms. The second-order valence-corrected chi connectivity index (χ2v) is 5.57. The summed E-state index contributed by atoms with van der Waals surface area (Å²) in [5, 5.41) is 10.2. The van der Waals surface area contributed by atoms with Gasteiger partial charge in [-0.25, -0.2) is 0 Å². The van der Waals surface area contributed by atoms with Crippen LogP contribution in [0, 0.1) is 12.3 Å². The minimum absolute atomic E-state index is 0.229. The maximum absolute atomic E-state index is 10.2. The second-order valence-electron chi connectivity index (χ2n) is 5.57. The van der Waals surface area contributed by atoms with Gasteiger partial charge in [-0.3, -0.25) is 0 Å². The molecule has 96 valence electrons. The Balaban J connectivity index is 2.97. The van der Waals surface area contributed by atoms with Gasteiger partial charge in [-0.15, -0.1) is 0 Å². The van der Waals surface area contributed by atoms with Crippen molar-refractivity contribution >= 4 is 0 Å². The van der Waals surface area contributed by atoms with Crippen molar-refractivity contribution in [2.45, 2.75) is 39.8 Å². The molecule has 0 aliphatic rings. The summed E-state index contributed by atoms with van der Waals surface area (Å²) in [5.74, 6) is 0.839. The molecule has 0 aliphatic carbocycles. The first-order valence-corrected chi connectivity index (χ1v) is 5.85. The number of ether oxygens (including phenoxy) is 1. The van der Waals surface area contributed by atoms with Crippen LogP contribution in [0.25, 0.3) is 0 Å². The molecule has 0 radical (unpaired) electrons. The predicted molar refractivity (Wildman–Crippen MR) is 70.1 cm³/mol. The molecule has 0 saturated heterocycles. The van der Waals surface area contributed by atoms with E-state index in [-0.39, 0.29) is 11.5 Å². The van der Waals surface area contributed by atoms with E-state index in [1.54, 1.807) is 7.11 Å². The molecule has 0 unspecified atom stereocenters. The second kappa shape index (κ2) is 5.07. The lowest BCUT2D eigenvalue weighted by atomic mass is 9.82. The van der Waals surface area contributed by atoms with Crippen LogP contribution in [0.5, 0.6) is 5.75 Å². The van der Waals surface area contributed by atoms with Crippen molar-refractivity contribution in [2.24, 2.45) is 11.1 Å². The topological polar surface area (TPSA) is 55.5 Å². The molecule has 1 aromatic rings. The van der Waals surface area contributed by atoms with Crippen molar-refractivity contribution in [1.82, 2.24) is 0 Å². The zero-order valence-electron chi connectivity index (χ0n) is 11.3. The number of aliphatic hydroxyl groups is 1. The minimum Gasteiger partial charge on any atom is -0.496 e. The first-order chi connectivity index (χ1) is 7.77. The third-order valence-corrected chi connectivity index (χ3v) is 3.03. The zero-order chi connectivity index (χ0) is 13.2. The summed E-state index contributed by atoms with van der Waals surface area (Å²) in [5.41, 5.74) is 7.83. The van der Waals surface area contributed by atoms with Crippen molar-refractivity contribution < 1.29 is 9.84 Å². The van der Waals surface area contributed by atoms with Gasteiger partial charge in [0.25, 0.3) is 0 Å². The number of hydrogen-bond donors (Lipinski definition) is 2. The van der Waals surface area contributed by atoms with E-state index in [2.05, 4.69) is 0 Å². The van der Waals surface area contributed by atoms with Crippen LogP contribution in [0.3, 0.4) is 0 Å². The highest BCUT2D eigenvalue weighted by Crippen LogP contribution is 2.30. The van der Waals surface area contributed by atoms with Gasteiger partial charge in [0.1, 0.15) is 5.75 Å². The lowest BCUT2D eigenvalue weighted by molar-refractivity contribution is 0.0401. The van der Waals surface area contributed by atoms with Crippen LogP contribution in [0.2, 0.25) is 0 Å². The Morgan fingerprint density at radius 1 is 1.29 bits per heavy atom. The molecular formula is C14H23NO2. The smallest absolute Gasteiger partial charge is 0.121 e. The van der Waals surface area contributed by atoms with Gasteiger partial charge in [0, 0.05) is 0 Å². The summed E-state index contributed by atoms with van der Waals surface area (Å²) >= 11 is 0. The fraction of sp³-hybridized carbons (Fsp3) is 0.571. The van der Waals surface area contributed by atoms with Gasteiger partial charge in [0.2, 0.25) is 0 Å². The van der Waals surface area contributed by atoms with Gasteiger partial charge in [-0.2, -0.15) is 0 Å². The summed E-state index contributed by atoms with van der Waals surface area (Å²) < 4.78 is 5.20. The van der Waals surface area contributed by atoms with Gasteiger partial charge in [0.05, 0.1) is 19.3 Å². The van der Waals surface area contributed by atoms with Gasteiger partial charge >= 0.3 is 0 Å². The van der Waals surface area contributed by atoms with Crippen molar-refractivity contribution in [3.8, 4) is 5.75 Å². The Bertz CT molecular complexity index is 382. The van der Waals surface area contributed by atoms with E-state index in [1.807, 2.05) is 45.9 Å². The van der Waals surface area contributed by atoms with E-state index in [1.165, 1.54) is 0 Å². The summed E-state index contributed by atoms with van der Waals surface area (Å²) in [6, 6.07) is 5.39. The molecule has 0 saturated carbocycles. The number of methoxy groups -OCH3 is 1. The molecule has 1 rings (SSSR count). The van der Waals surface area contributed by atoms with E-state index in [0.717, 1.165) is 16.9 Å². The molecule has 0 spiro atoms. The SMILES string of the molecule is COc1ccc([C@H](N)[C@H](O)C(C)(C)C)cc1C. The summed E-state index contributed by atoms with van der Waals surface area (Å²) in [4.78, 5) is 0. The first kappa shape index (κ1) is 14.0. The van der Waals surface area contributed by atoms with E-state index in [9.17, 15) is 5.11 Å². The molecule has 3 nitrogen and oxygen atoms in total. The molecule has 0 aliphatic heterocycles. The van der Waals surface area contributed by atoms with Crippen LogP contribution in [0.1, 0.15) is 37.9 Å². The van der Waals surface area contributed by atoms with Gasteiger partial charge in [-0.1, -0.05) is 32.9 Å². The number of hydrogen-bond acceptors (Lipinski definition) is 3. The Labute approximate surface area is 104 Å². The Hall–Kier alpha value is -1.06. The predicted octanol–water partition coefficient (Wildman–Crippen LogP) is 2.41. The van der Waals surface area contributed by atoms with E-state index in [0.29, 0.717) is 0 Å². The number of rotatable bonds is 3. The average molecular weight is 237 g/mol. The van der Waals surface area contributed by atoms with Crippen LogP contribution in [-0.4, -0.2) is 18.3 Å². The largest absolute Gasteiger partial charge is 0.496 e. The maximum atomic E-state index is 10.2. The lowest BCUT2D eigenvalue weighted by Gasteiger charge is -2.31. The Morgan fingerprint density at radius 2 is 1.88 bits per heavy atom. The van der Waals surface area contributed by atoms with Crippen molar-refractivity contribution in [3.05, 3.63) is 29.3 Å². The van der Waals surface area contributed by atoms with Crippen LogP contribution in [0.15, 0.2) is 18.2 Å². The molecule has 1 aromatic carbocycles. The molecule has 0 bridgehead atoms. The highest BCUT2D eigenvalue weighted by atomic mass is 16.5. The average Bonchev–Trinajstić information content (AvgIpc) is 2.25. The third-order valence-electron chi connectivity index (χ3n) is 3.03. The quantitative estimate of drug-likeness (QED) is 0.848. The van der Waals surface area contributed by atoms with Crippen molar-refractivity contribution in [3.63, 3.8) is 0 Å². The molecule has 0 heterocycles. The molecule has 0 fully saturated rings. The van der Waals surface area contributed by atoms with E-state index in [4.69, 9.17) is 10.5 Å². The summed E-state index contributed by atoms with van der Waals surface area (Å²) in [7, 11) is 1.64. The van der Waals surface area contributed by atoms with Crippen LogP contribution in [0.4, 0.5) is 0 Å². The summed E-state index contributed by atoms with van der Waals surface area (Å²) in [6.45, 7) is 7.91.